The van der Waals surface area contributed by atoms with Crippen molar-refractivity contribution < 1.29 is 18.0 Å². The zero-order valence-corrected chi connectivity index (χ0v) is 15.2. The van der Waals surface area contributed by atoms with E-state index in [0.717, 1.165) is 35.5 Å². The fourth-order valence-electron chi connectivity index (χ4n) is 2.46. The minimum Gasteiger partial charge on any atom is -0.469 e. The lowest BCUT2D eigenvalue weighted by atomic mass is 10.2. The first-order valence-corrected chi connectivity index (χ1v) is 8.94. The molecule has 9 heteroatoms. The summed E-state index contributed by atoms with van der Waals surface area (Å²) in [6, 6.07) is 4.62. The molecule has 0 radical (unpaired) electrons. The summed E-state index contributed by atoms with van der Waals surface area (Å²) < 4.78 is 33.5. The predicted octanol–water partition coefficient (Wildman–Crippen LogP) is 4.04. The maximum Gasteiger partial charge on any atom is 0.234 e. The van der Waals surface area contributed by atoms with Crippen LogP contribution in [0.15, 0.2) is 52.8 Å². The van der Waals surface area contributed by atoms with Crippen LogP contribution in [-0.4, -0.2) is 26.4 Å². The second-order valence-electron chi connectivity index (χ2n) is 5.59. The topological polar surface area (TPSA) is 73.0 Å². The highest BCUT2D eigenvalue weighted by Crippen LogP contribution is 2.27. The van der Waals surface area contributed by atoms with Gasteiger partial charge in [0.05, 0.1) is 17.6 Å². The number of furan rings is 1. The third-order valence-electron chi connectivity index (χ3n) is 3.61. The second kappa shape index (κ2) is 8.17. The molecule has 3 aromatic rings. The summed E-state index contributed by atoms with van der Waals surface area (Å²) in [5, 5.41) is 11.3. The first-order valence-electron chi connectivity index (χ1n) is 7.95. The van der Waals surface area contributed by atoms with Crippen molar-refractivity contribution in [2.75, 3.05) is 11.1 Å². The number of nitrogens with zero attached hydrogens (tertiary/aromatic N) is 3. The molecule has 2 aromatic heterocycles. The van der Waals surface area contributed by atoms with Gasteiger partial charge >= 0.3 is 0 Å². The molecule has 0 saturated heterocycles. The van der Waals surface area contributed by atoms with Gasteiger partial charge in [-0.25, -0.2) is 8.78 Å². The number of nitrogens with one attached hydrogen (secondary N) is 1. The molecule has 0 aliphatic rings. The Morgan fingerprint density at radius 3 is 2.70 bits per heavy atom. The van der Waals surface area contributed by atoms with E-state index in [1.54, 1.807) is 18.4 Å². The Labute approximate surface area is 158 Å². The van der Waals surface area contributed by atoms with E-state index in [2.05, 4.69) is 22.1 Å². The van der Waals surface area contributed by atoms with Crippen molar-refractivity contribution in [1.29, 1.82) is 0 Å². The van der Waals surface area contributed by atoms with Gasteiger partial charge in [0, 0.05) is 18.3 Å². The molecular weight excluding hydrogens is 374 g/mol. The van der Waals surface area contributed by atoms with Crippen LogP contribution < -0.4 is 5.32 Å². The molecule has 6 nitrogen and oxygen atoms in total. The van der Waals surface area contributed by atoms with Gasteiger partial charge in [0.25, 0.3) is 0 Å². The van der Waals surface area contributed by atoms with Gasteiger partial charge in [0.1, 0.15) is 17.4 Å². The molecule has 0 aliphatic heterocycles. The number of aromatic nitrogens is 3. The Kier molecular flexibility index (Phi) is 5.70. The molecule has 1 N–H and O–H groups in total. The van der Waals surface area contributed by atoms with Crippen molar-refractivity contribution in [2.45, 2.75) is 18.6 Å². The van der Waals surface area contributed by atoms with E-state index in [1.807, 2.05) is 11.5 Å². The fraction of sp³-hybridized carbons (Fsp3) is 0.167. The molecule has 0 unspecified atom stereocenters. The lowest BCUT2D eigenvalue weighted by molar-refractivity contribution is -0.113. The summed E-state index contributed by atoms with van der Waals surface area (Å²) in [5.41, 5.74) is 0.858. The minimum absolute atomic E-state index is 0.00220. The molecule has 1 amide bonds. The maximum atomic E-state index is 13.2. The maximum absolute atomic E-state index is 13.2. The molecule has 140 valence electrons. The molecule has 3 rings (SSSR count). The Balaban J connectivity index is 1.72. The first-order chi connectivity index (χ1) is 13.0. The first kappa shape index (κ1) is 18.8. The lowest BCUT2D eigenvalue weighted by Crippen LogP contribution is -2.15. The monoisotopic (exact) mass is 390 g/mol. The van der Waals surface area contributed by atoms with Crippen molar-refractivity contribution in [1.82, 2.24) is 14.8 Å². The number of rotatable bonds is 7. The summed E-state index contributed by atoms with van der Waals surface area (Å²) >= 11 is 1.16. The number of anilines is 1. The van der Waals surface area contributed by atoms with Crippen molar-refractivity contribution >= 4 is 23.4 Å². The Morgan fingerprint density at radius 1 is 1.33 bits per heavy atom. The number of allylic oxidation sites excluding steroid dienone is 1. The zero-order valence-electron chi connectivity index (χ0n) is 14.4. The number of benzene rings is 1. The summed E-state index contributed by atoms with van der Waals surface area (Å²) in [5.74, 6) is -0.629. The number of thioether (sulfide) groups is 1. The van der Waals surface area contributed by atoms with Crippen molar-refractivity contribution in [3.8, 4) is 11.4 Å². The van der Waals surface area contributed by atoms with Gasteiger partial charge in [-0.2, -0.15) is 0 Å². The molecule has 1 aromatic carbocycles. The standard InChI is InChI=1S/C18H16F2N4O2S/c1-3-5-24-17(15-4-6-26-11(15)2)22-23-18(24)27-10-16(25)21-14-8-12(19)7-13(20)9-14/h3-4,6-9H,1,5,10H2,2H3,(H,21,25). The zero-order chi connectivity index (χ0) is 19.4. The van der Waals surface area contributed by atoms with Crippen molar-refractivity contribution in [3.05, 3.63) is 60.6 Å². The number of hydrogen-bond donors (Lipinski definition) is 1. The van der Waals surface area contributed by atoms with Crippen LogP contribution in [0, 0.1) is 18.6 Å². The summed E-state index contributed by atoms with van der Waals surface area (Å²) in [6.45, 7) is 6.00. The lowest BCUT2D eigenvalue weighted by Gasteiger charge is -2.08. The van der Waals surface area contributed by atoms with Crippen LogP contribution in [0.4, 0.5) is 14.5 Å². The van der Waals surface area contributed by atoms with Gasteiger partial charge < -0.3 is 9.73 Å². The molecule has 0 aliphatic carbocycles. The SMILES string of the molecule is C=CCn1c(SCC(=O)Nc2cc(F)cc(F)c2)nnc1-c1ccoc1C. The van der Waals surface area contributed by atoms with Crippen LogP contribution in [0.5, 0.6) is 0 Å². The van der Waals surface area contributed by atoms with E-state index in [9.17, 15) is 13.6 Å². The Morgan fingerprint density at radius 2 is 2.07 bits per heavy atom. The minimum atomic E-state index is -0.760. The number of carbonyl (C=O) groups is 1. The third kappa shape index (κ3) is 4.43. The van der Waals surface area contributed by atoms with Crippen LogP contribution in [0.3, 0.4) is 0 Å². The number of carbonyl (C=O) groups excluding carboxylic acids is 1. The smallest absolute Gasteiger partial charge is 0.234 e. The highest BCUT2D eigenvalue weighted by atomic mass is 32.2. The molecule has 2 heterocycles. The van der Waals surface area contributed by atoms with Crippen molar-refractivity contribution in [3.63, 3.8) is 0 Å². The second-order valence-corrected chi connectivity index (χ2v) is 6.53. The number of hydrogen-bond acceptors (Lipinski definition) is 5. The summed E-state index contributed by atoms with van der Waals surface area (Å²) in [7, 11) is 0. The Bertz CT molecular complexity index is 963. The van der Waals surface area contributed by atoms with Gasteiger partial charge in [0.2, 0.25) is 5.91 Å². The van der Waals surface area contributed by atoms with Gasteiger partial charge in [-0.05, 0) is 25.1 Å². The normalized spacial score (nSPS) is 10.8. The highest BCUT2D eigenvalue weighted by Gasteiger charge is 2.17. The molecule has 0 fully saturated rings. The molecule has 27 heavy (non-hydrogen) atoms. The largest absolute Gasteiger partial charge is 0.469 e. The van der Waals surface area contributed by atoms with Gasteiger partial charge in [0.15, 0.2) is 11.0 Å². The average molecular weight is 390 g/mol. The highest BCUT2D eigenvalue weighted by molar-refractivity contribution is 7.99. The molecule has 0 bridgehead atoms. The van der Waals surface area contributed by atoms with E-state index < -0.39 is 17.5 Å². The van der Waals surface area contributed by atoms with Crippen LogP contribution in [0.2, 0.25) is 0 Å². The summed E-state index contributed by atoms with van der Waals surface area (Å²) in [4.78, 5) is 12.1. The van der Waals surface area contributed by atoms with E-state index in [4.69, 9.17) is 4.42 Å². The summed E-state index contributed by atoms with van der Waals surface area (Å²) in [6.07, 6.45) is 3.26. The van der Waals surface area contributed by atoms with Gasteiger partial charge in [-0.1, -0.05) is 17.8 Å². The molecule has 0 atom stereocenters. The van der Waals surface area contributed by atoms with Gasteiger partial charge in [-0.3, -0.25) is 9.36 Å². The third-order valence-corrected chi connectivity index (χ3v) is 4.57. The number of amides is 1. The van der Waals surface area contributed by atoms with Crippen LogP contribution >= 0.6 is 11.8 Å². The Hall–Kier alpha value is -2.94. The predicted molar refractivity (Wildman–Crippen MR) is 98.4 cm³/mol. The van der Waals surface area contributed by atoms with Crippen LogP contribution in [0.25, 0.3) is 11.4 Å². The van der Waals surface area contributed by atoms with E-state index >= 15 is 0 Å². The fourth-order valence-corrected chi connectivity index (χ4v) is 3.21. The quantitative estimate of drug-likeness (QED) is 0.487. The molecular formula is C18H16F2N4O2S. The number of halogens is 2. The van der Waals surface area contributed by atoms with Crippen molar-refractivity contribution in [2.24, 2.45) is 0 Å². The van der Waals surface area contributed by atoms with E-state index in [0.29, 0.717) is 23.3 Å². The van der Waals surface area contributed by atoms with Crippen LogP contribution in [-0.2, 0) is 11.3 Å². The van der Waals surface area contributed by atoms with Crippen LogP contribution in [0.1, 0.15) is 5.76 Å². The molecule has 0 saturated carbocycles. The van der Waals surface area contributed by atoms with E-state index in [-0.39, 0.29) is 11.4 Å². The molecule has 0 spiro atoms. The average Bonchev–Trinajstić information content (AvgIpc) is 3.18. The number of aryl methyl sites for hydroxylation is 1. The van der Waals surface area contributed by atoms with E-state index in [1.165, 1.54) is 0 Å². The van der Waals surface area contributed by atoms with Gasteiger partial charge in [-0.15, -0.1) is 16.8 Å².